The van der Waals surface area contributed by atoms with E-state index in [-0.39, 0.29) is 12.3 Å². The number of benzene rings is 2. The Labute approximate surface area is 153 Å². The topological polar surface area (TPSA) is 58.6 Å². The zero-order valence-corrected chi connectivity index (χ0v) is 14.5. The highest BCUT2D eigenvalue weighted by molar-refractivity contribution is 6.30. The molecule has 1 heterocycles. The van der Waals surface area contributed by atoms with Crippen molar-refractivity contribution in [3.8, 4) is 5.75 Å². The van der Waals surface area contributed by atoms with Crippen LogP contribution in [0.4, 0.5) is 13.6 Å². The SMILES string of the molecule is CC1(c2ccc(OC(F)F)cc2)NC(=O)N(Cc2ccc(Cl)cc2)C1=O. The molecule has 1 N–H and O–H groups in total. The zero-order chi connectivity index (χ0) is 18.9. The highest BCUT2D eigenvalue weighted by Gasteiger charge is 2.48. The molecule has 0 saturated carbocycles. The smallest absolute Gasteiger partial charge is 0.387 e. The van der Waals surface area contributed by atoms with Crippen LogP contribution in [0, 0.1) is 0 Å². The molecule has 1 atom stereocenters. The first kappa shape index (κ1) is 18.1. The Balaban J connectivity index is 1.81. The number of nitrogens with zero attached hydrogens (tertiary/aromatic N) is 1. The summed E-state index contributed by atoms with van der Waals surface area (Å²) in [7, 11) is 0. The van der Waals surface area contributed by atoms with E-state index in [0.29, 0.717) is 10.6 Å². The molecule has 136 valence electrons. The number of carbonyl (C=O) groups is 2. The Bertz CT molecular complexity index is 827. The van der Waals surface area contributed by atoms with Gasteiger partial charge in [-0.1, -0.05) is 35.9 Å². The summed E-state index contributed by atoms with van der Waals surface area (Å²) in [5.74, 6) is -0.456. The number of hydrogen-bond donors (Lipinski definition) is 1. The molecule has 8 heteroatoms. The largest absolute Gasteiger partial charge is 0.435 e. The van der Waals surface area contributed by atoms with Crippen molar-refractivity contribution in [2.45, 2.75) is 25.6 Å². The molecule has 3 rings (SSSR count). The van der Waals surface area contributed by atoms with E-state index in [4.69, 9.17) is 11.6 Å². The molecule has 26 heavy (non-hydrogen) atoms. The van der Waals surface area contributed by atoms with Crippen LogP contribution in [0.25, 0.3) is 0 Å². The lowest BCUT2D eigenvalue weighted by Gasteiger charge is -2.22. The summed E-state index contributed by atoms with van der Waals surface area (Å²) in [6.07, 6.45) is 0. The van der Waals surface area contributed by atoms with E-state index >= 15 is 0 Å². The predicted octanol–water partition coefficient (Wildman–Crippen LogP) is 3.91. The average Bonchev–Trinajstić information content (AvgIpc) is 2.81. The molecule has 1 fully saturated rings. The van der Waals surface area contributed by atoms with Crippen molar-refractivity contribution < 1.29 is 23.1 Å². The van der Waals surface area contributed by atoms with Gasteiger partial charge in [0, 0.05) is 5.02 Å². The minimum atomic E-state index is -2.93. The fourth-order valence-electron chi connectivity index (χ4n) is 2.78. The van der Waals surface area contributed by atoms with Crippen LogP contribution < -0.4 is 10.1 Å². The molecule has 2 aromatic carbocycles. The van der Waals surface area contributed by atoms with Crippen molar-refractivity contribution in [3.63, 3.8) is 0 Å². The average molecular weight is 381 g/mol. The van der Waals surface area contributed by atoms with Gasteiger partial charge in [-0.15, -0.1) is 0 Å². The van der Waals surface area contributed by atoms with E-state index in [0.717, 1.165) is 10.5 Å². The minimum Gasteiger partial charge on any atom is -0.435 e. The predicted molar refractivity (Wildman–Crippen MR) is 91.0 cm³/mol. The summed E-state index contributed by atoms with van der Waals surface area (Å²) in [5.41, 5.74) is -0.0636. The Kier molecular flexibility index (Phi) is 4.82. The van der Waals surface area contributed by atoms with Crippen LogP contribution in [-0.4, -0.2) is 23.4 Å². The quantitative estimate of drug-likeness (QED) is 0.800. The maximum absolute atomic E-state index is 12.8. The molecular formula is C18H15ClF2N2O3. The van der Waals surface area contributed by atoms with Gasteiger partial charge in [0.2, 0.25) is 0 Å². The molecule has 1 aliphatic rings. The van der Waals surface area contributed by atoms with Crippen LogP contribution in [-0.2, 0) is 16.9 Å². The van der Waals surface area contributed by atoms with Crippen molar-refractivity contribution in [3.05, 3.63) is 64.7 Å². The zero-order valence-electron chi connectivity index (χ0n) is 13.7. The van der Waals surface area contributed by atoms with Crippen molar-refractivity contribution in [1.82, 2.24) is 10.2 Å². The lowest BCUT2D eigenvalue weighted by Crippen LogP contribution is -2.40. The standard InChI is InChI=1S/C18H15ClF2N2O3/c1-18(12-4-8-14(9-5-12)26-16(20)21)15(24)23(17(25)22-18)10-11-2-6-13(19)7-3-11/h2-9,16H,10H2,1H3,(H,22,25). The van der Waals surface area contributed by atoms with Crippen molar-refractivity contribution >= 4 is 23.5 Å². The number of nitrogens with one attached hydrogen (secondary N) is 1. The second-order valence-electron chi connectivity index (χ2n) is 5.98. The highest BCUT2D eigenvalue weighted by Crippen LogP contribution is 2.31. The van der Waals surface area contributed by atoms with E-state index in [1.54, 1.807) is 31.2 Å². The number of rotatable bonds is 5. The van der Waals surface area contributed by atoms with Gasteiger partial charge in [0.1, 0.15) is 11.3 Å². The van der Waals surface area contributed by atoms with E-state index < -0.39 is 24.1 Å². The highest BCUT2D eigenvalue weighted by atomic mass is 35.5. The number of halogens is 3. The third kappa shape index (κ3) is 3.48. The second-order valence-corrected chi connectivity index (χ2v) is 6.41. The van der Waals surface area contributed by atoms with Gasteiger partial charge in [-0.2, -0.15) is 8.78 Å². The third-order valence-corrected chi connectivity index (χ3v) is 4.44. The van der Waals surface area contributed by atoms with E-state index in [9.17, 15) is 18.4 Å². The molecule has 1 unspecified atom stereocenters. The maximum Gasteiger partial charge on any atom is 0.387 e. The normalized spacial score (nSPS) is 19.8. The van der Waals surface area contributed by atoms with Crippen LogP contribution in [0.1, 0.15) is 18.1 Å². The number of ether oxygens (including phenoxy) is 1. The first-order chi connectivity index (χ1) is 12.3. The molecule has 2 aromatic rings. The van der Waals surface area contributed by atoms with Gasteiger partial charge in [0.15, 0.2) is 0 Å². The lowest BCUT2D eigenvalue weighted by molar-refractivity contribution is -0.131. The van der Waals surface area contributed by atoms with Crippen LogP contribution in [0.15, 0.2) is 48.5 Å². The first-order valence-electron chi connectivity index (χ1n) is 7.73. The molecule has 1 saturated heterocycles. The van der Waals surface area contributed by atoms with Crippen molar-refractivity contribution in [2.24, 2.45) is 0 Å². The molecule has 0 bridgehead atoms. The number of amides is 3. The molecule has 0 spiro atoms. The summed E-state index contributed by atoms with van der Waals surface area (Å²) in [5, 5.41) is 3.22. The molecule has 5 nitrogen and oxygen atoms in total. The third-order valence-electron chi connectivity index (χ3n) is 4.19. The van der Waals surface area contributed by atoms with Crippen LogP contribution in [0.3, 0.4) is 0 Å². The van der Waals surface area contributed by atoms with Gasteiger partial charge in [-0.05, 0) is 42.3 Å². The Morgan fingerprint density at radius 2 is 1.73 bits per heavy atom. The van der Waals surface area contributed by atoms with Gasteiger partial charge >= 0.3 is 12.6 Å². The number of urea groups is 1. The summed E-state index contributed by atoms with van der Waals surface area (Å²) in [4.78, 5) is 26.2. The van der Waals surface area contributed by atoms with Crippen LogP contribution in [0.2, 0.25) is 5.02 Å². The Morgan fingerprint density at radius 1 is 1.12 bits per heavy atom. The molecular weight excluding hydrogens is 366 g/mol. The maximum atomic E-state index is 12.8. The molecule has 3 amide bonds. The number of imide groups is 1. The van der Waals surface area contributed by atoms with Crippen molar-refractivity contribution in [1.29, 1.82) is 0 Å². The lowest BCUT2D eigenvalue weighted by atomic mass is 9.92. The fourth-order valence-corrected chi connectivity index (χ4v) is 2.90. The van der Waals surface area contributed by atoms with E-state index in [1.807, 2.05) is 0 Å². The van der Waals surface area contributed by atoms with Gasteiger partial charge in [0.05, 0.1) is 6.54 Å². The second kappa shape index (κ2) is 6.92. The van der Waals surface area contributed by atoms with Crippen molar-refractivity contribution in [2.75, 3.05) is 0 Å². The molecule has 0 aromatic heterocycles. The monoisotopic (exact) mass is 380 g/mol. The summed E-state index contributed by atoms with van der Waals surface area (Å²) >= 11 is 5.84. The summed E-state index contributed by atoms with van der Waals surface area (Å²) in [6.45, 7) is -1.26. The molecule has 1 aliphatic heterocycles. The summed E-state index contributed by atoms with van der Waals surface area (Å²) < 4.78 is 28.8. The molecule has 0 radical (unpaired) electrons. The van der Waals surface area contributed by atoms with Crippen LogP contribution in [0.5, 0.6) is 5.75 Å². The van der Waals surface area contributed by atoms with Gasteiger partial charge in [-0.25, -0.2) is 4.79 Å². The Hall–Kier alpha value is -2.67. The van der Waals surface area contributed by atoms with E-state index in [2.05, 4.69) is 10.1 Å². The Morgan fingerprint density at radius 3 is 2.31 bits per heavy atom. The number of carbonyl (C=O) groups excluding carboxylic acids is 2. The minimum absolute atomic E-state index is 0.0258. The first-order valence-corrected chi connectivity index (χ1v) is 8.11. The summed E-state index contributed by atoms with van der Waals surface area (Å²) in [6, 6.07) is 11.9. The van der Waals surface area contributed by atoms with Gasteiger partial charge in [0.25, 0.3) is 5.91 Å². The number of alkyl halides is 2. The van der Waals surface area contributed by atoms with E-state index in [1.165, 1.54) is 24.3 Å². The fraction of sp³-hybridized carbons (Fsp3) is 0.222. The van der Waals surface area contributed by atoms with Crippen LogP contribution >= 0.6 is 11.6 Å². The van der Waals surface area contributed by atoms with Gasteiger partial charge in [-0.3, -0.25) is 9.69 Å². The van der Waals surface area contributed by atoms with Gasteiger partial charge < -0.3 is 10.1 Å². The molecule has 0 aliphatic carbocycles. The number of hydrogen-bond acceptors (Lipinski definition) is 3.